The van der Waals surface area contributed by atoms with Crippen molar-refractivity contribution in [3.8, 4) is 0 Å². The Labute approximate surface area is 124 Å². The summed E-state index contributed by atoms with van der Waals surface area (Å²) >= 11 is 0. The first-order chi connectivity index (χ1) is 10.2. The minimum Gasteiger partial charge on any atom is -0.349 e. The maximum Gasteiger partial charge on any atom is 0.270 e. The van der Waals surface area contributed by atoms with Crippen LogP contribution in [-0.4, -0.2) is 28.9 Å². The first-order valence-electron chi connectivity index (χ1n) is 7.80. The molecule has 0 aliphatic heterocycles. The molecule has 112 valence electrons. The second-order valence-corrected chi connectivity index (χ2v) is 5.99. The van der Waals surface area contributed by atoms with Crippen LogP contribution in [0, 0.1) is 0 Å². The van der Waals surface area contributed by atoms with Crippen LogP contribution in [0.1, 0.15) is 65.8 Å². The van der Waals surface area contributed by atoms with Gasteiger partial charge in [-0.25, -0.2) is 0 Å². The van der Waals surface area contributed by atoms with Crippen LogP contribution in [-0.2, 0) is 0 Å². The average molecular weight is 287 g/mol. The number of aromatic nitrogens is 1. The Morgan fingerprint density at radius 3 is 2.33 bits per heavy atom. The Morgan fingerprint density at radius 2 is 1.62 bits per heavy atom. The Kier molecular flexibility index (Phi) is 4.18. The van der Waals surface area contributed by atoms with E-state index in [4.69, 9.17) is 0 Å². The zero-order chi connectivity index (χ0) is 14.7. The van der Waals surface area contributed by atoms with E-state index in [1.165, 1.54) is 25.5 Å². The van der Waals surface area contributed by atoms with Crippen LogP contribution in [0.4, 0.5) is 0 Å². The molecule has 2 N–H and O–H groups in total. The number of carbonyl (C=O) groups is 2. The predicted molar refractivity (Wildman–Crippen MR) is 79.1 cm³/mol. The van der Waals surface area contributed by atoms with Crippen molar-refractivity contribution in [3.63, 3.8) is 0 Å². The third kappa shape index (κ3) is 3.80. The van der Waals surface area contributed by atoms with E-state index in [9.17, 15) is 9.59 Å². The van der Waals surface area contributed by atoms with Gasteiger partial charge in [-0.3, -0.25) is 14.6 Å². The maximum atomic E-state index is 12.2. The highest BCUT2D eigenvalue weighted by Crippen LogP contribution is 2.20. The molecule has 0 unspecified atom stereocenters. The maximum absolute atomic E-state index is 12.2. The molecule has 2 aliphatic rings. The first kappa shape index (κ1) is 14.0. The molecule has 2 amide bonds. The highest BCUT2D eigenvalue weighted by Gasteiger charge is 2.24. The Hall–Kier alpha value is -1.91. The standard InChI is InChI=1S/C16H21N3O2/c20-15(18-13-6-7-13)11-8-9-17-14(10-11)16(21)19-12-4-2-1-3-5-12/h8-10,12-13H,1-7H2,(H,18,20)(H,19,21). The van der Waals surface area contributed by atoms with Crippen LogP contribution in [0.25, 0.3) is 0 Å². The van der Waals surface area contributed by atoms with Gasteiger partial charge in [0.15, 0.2) is 0 Å². The number of rotatable bonds is 4. The lowest BCUT2D eigenvalue weighted by Crippen LogP contribution is -2.36. The van der Waals surface area contributed by atoms with Gasteiger partial charge in [0.1, 0.15) is 5.69 Å². The minimum atomic E-state index is -0.178. The third-order valence-electron chi connectivity index (χ3n) is 4.11. The van der Waals surface area contributed by atoms with Gasteiger partial charge in [0.05, 0.1) is 0 Å². The van der Waals surface area contributed by atoms with Gasteiger partial charge in [-0.1, -0.05) is 19.3 Å². The molecule has 1 aromatic heterocycles. The van der Waals surface area contributed by atoms with Crippen LogP contribution in [0.15, 0.2) is 18.3 Å². The Bertz CT molecular complexity index is 534. The quantitative estimate of drug-likeness (QED) is 0.890. The van der Waals surface area contributed by atoms with E-state index < -0.39 is 0 Å². The third-order valence-corrected chi connectivity index (χ3v) is 4.11. The van der Waals surface area contributed by atoms with Crippen molar-refractivity contribution < 1.29 is 9.59 Å². The molecule has 5 nitrogen and oxygen atoms in total. The number of nitrogens with zero attached hydrogens (tertiary/aromatic N) is 1. The smallest absolute Gasteiger partial charge is 0.270 e. The molecular weight excluding hydrogens is 266 g/mol. The normalized spacial score (nSPS) is 19.0. The summed E-state index contributed by atoms with van der Waals surface area (Å²) in [6.07, 6.45) is 9.28. The molecule has 0 aromatic carbocycles. The van der Waals surface area contributed by atoms with Gasteiger partial charge in [-0.05, 0) is 37.8 Å². The predicted octanol–water partition coefficient (Wildman–Crippen LogP) is 2.04. The van der Waals surface area contributed by atoms with Crippen molar-refractivity contribution in [1.29, 1.82) is 0 Å². The van der Waals surface area contributed by atoms with Crippen LogP contribution in [0.5, 0.6) is 0 Å². The second-order valence-electron chi connectivity index (χ2n) is 5.99. The highest BCUT2D eigenvalue weighted by molar-refractivity contribution is 5.98. The molecule has 0 radical (unpaired) electrons. The van der Waals surface area contributed by atoms with Crippen LogP contribution < -0.4 is 10.6 Å². The van der Waals surface area contributed by atoms with Gasteiger partial charge in [0, 0.05) is 23.8 Å². The molecule has 3 rings (SSSR count). The number of carbonyl (C=O) groups excluding carboxylic acids is 2. The largest absolute Gasteiger partial charge is 0.349 e. The monoisotopic (exact) mass is 287 g/mol. The molecule has 1 heterocycles. The molecule has 21 heavy (non-hydrogen) atoms. The van der Waals surface area contributed by atoms with E-state index in [0.29, 0.717) is 17.3 Å². The van der Waals surface area contributed by atoms with Crippen molar-refractivity contribution in [1.82, 2.24) is 15.6 Å². The summed E-state index contributed by atoms with van der Waals surface area (Å²) in [5.74, 6) is -0.297. The van der Waals surface area contributed by atoms with Crippen molar-refractivity contribution in [2.75, 3.05) is 0 Å². The van der Waals surface area contributed by atoms with Gasteiger partial charge >= 0.3 is 0 Å². The molecular formula is C16H21N3O2. The summed E-state index contributed by atoms with van der Waals surface area (Å²) in [6, 6.07) is 3.78. The first-order valence-corrected chi connectivity index (χ1v) is 7.80. The fraction of sp³-hybridized carbons (Fsp3) is 0.562. The number of hydrogen-bond donors (Lipinski definition) is 2. The highest BCUT2D eigenvalue weighted by atomic mass is 16.2. The molecule has 5 heteroatoms. The number of pyridine rings is 1. The van der Waals surface area contributed by atoms with E-state index in [0.717, 1.165) is 25.7 Å². The molecule has 0 bridgehead atoms. The molecule has 2 aliphatic carbocycles. The Morgan fingerprint density at radius 1 is 0.952 bits per heavy atom. The fourth-order valence-electron chi connectivity index (χ4n) is 2.70. The number of nitrogens with one attached hydrogen (secondary N) is 2. The lowest BCUT2D eigenvalue weighted by molar-refractivity contribution is 0.0922. The fourth-order valence-corrected chi connectivity index (χ4v) is 2.70. The van der Waals surface area contributed by atoms with Crippen molar-refractivity contribution >= 4 is 11.8 Å². The topological polar surface area (TPSA) is 71.1 Å². The molecule has 0 spiro atoms. The minimum absolute atomic E-state index is 0.119. The summed E-state index contributed by atoms with van der Waals surface area (Å²) in [5.41, 5.74) is 0.828. The van der Waals surface area contributed by atoms with Crippen LogP contribution >= 0.6 is 0 Å². The SMILES string of the molecule is O=C(NC1CC1)c1ccnc(C(=O)NC2CCCCC2)c1. The van der Waals surface area contributed by atoms with Gasteiger partial charge in [-0.2, -0.15) is 0 Å². The van der Waals surface area contributed by atoms with E-state index in [-0.39, 0.29) is 17.9 Å². The zero-order valence-corrected chi connectivity index (χ0v) is 12.1. The van der Waals surface area contributed by atoms with E-state index in [1.807, 2.05) is 0 Å². The van der Waals surface area contributed by atoms with E-state index in [1.54, 1.807) is 12.1 Å². The van der Waals surface area contributed by atoms with E-state index >= 15 is 0 Å². The van der Waals surface area contributed by atoms with Crippen LogP contribution in [0.2, 0.25) is 0 Å². The summed E-state index contributed by atoms with van der Waals surface area (Å²) in [4.78, 5) is 28.3. The molecule has 2 fully saturated rings. The number of hydrogen-bond acceptors (Lipinski definition) is 3. The lowest BCUT2D eigenvalue weighted by atomic mass is 9.95. The second kappa shape index (κ2) is 6.24. The van der Waals surface area contributed by atoms with Crippen molar-refractivity contribution in [2.24, 2.45) is 0 Å². The summed E-state index contributed by atoms with van der Waals surface area (Å²) in [6.45, 7) is 0. The van der Waals surface area contributed by atoms with E-state index in [2.05, 4.69) is 15.6 Å². The molecule has 1 aromatic rings. The Balaban J connectivity index is 1.63. The van der Waals surface area contributed by atoms with Gasteiger partial charge < -0.3 is 10.6 Å². The van der Waals surface area contributed by atoms with Gasteiger partial charge in [0.25, 0.3) is 11.8 Å². The van der Waals surface area contributed by atoms with Crippen molar-refractivity contribution in [2.45, 2.75) is 57.0 Å². The average Bonchev–Trinajstić information content (AvgIpc) is 3.32. The summed E-state index contributed by atoms with van der Waals surface area (Å²) in [7, 11) is 0. The van der Waals surface area contributed by atoms with Crippen LogP contribution in [0.3, 0.4) is 0 Å². The lowest BCUT2D eigenvalue weighted by Gasteiger charge is -2.22. The molecule has 2 saturated carbocycles. The summed E-state index contributed by atoms with van der Waals surface area (Å²) < 4.78 is 0. The molecule has 0 atom stereocenters. The summed E-state index contributed by atoms with van der Waals surface area (Å²) in [5, 5.41) is 5.94. The van der Waals surface area contributed by atoms with Crippen molar-refractivity contribution in [3.05, 3.63) is 29.6 Å². The molecule has 0 saturated heterocycles. The number of amides is 2. The van der Waals surface area contributed by atoms with Gasteiger partial charge in [0.2, 0.25) is 0 Å². The zero-order valence-electron chi connectivity index (χ0n) is 12.1. The van der Waals surface area contributed by atoms with Gasteiger partial charge in [-0.15, -0.1) is 0 Å².